The predicted octanol–water partition coefficient (Wildman–Crippen LogP) is -1.67. The number of nitrogens with two attached hydrogens (primary N) is 3. The summed E-state index contributed by atoms with van der Waals surface area (Å²) >= 11 is 0. The largest absolute Gasteiger partial charge is 0.368 e. The normalized spacial score (nSPS) is 18.1. The molecule has 18 heavy (non-hydrogen) atoms. The molecule has 0 radical (unpaired) electrons. The molecule has 1 saturated heterocycles. The zero-order chi connectivity index (χ0) is 13.9. The molecule has 0 aromatic rings. The molecular weight excluding hydrogens is 240 g/mol. The van der Waals surface area contributed by atoms with Crippen molar-refractivity contribution in [3.63, 3.8) is 0 Å². The number of rotatable bonds is 5. The molecule has 8 nitrogen and oxygen atoms in total. The Hall–Kier alpha value is -1.51. The van der Waals surface area contributed by atoms with E-state index in [1.165, 1.54) is 0 Å². The van der Waals surface area contributed by atoms with E-state index in [2.05, 4.69) is 4.84 Å². The summed E-state index contributed by atoms with van der Waals surface area (Å²) in [4.78, 5) is 38.9. The lowest BCUT2D eigenvalue weighted by Crippen LogP contribution is -2.68. The van der Waals surface area contributed by atoms with E-state index >= 15 is 0 Å². The molecule has 1 aliphatic rings. The lowest BCUT2D eigenvalue weighted by Gasteiger charge is -2.29. The van der Waals surface area contributed by atoms with Crippen LogP contribution in [0.2, 0.25) is 0 Å². The van der Waals surface area contributed by atoms with Crippen LogP contribution < -0.4 is 17.2 Å². The summed E-state index contributed by atoms with van der Waals surface area (Å²) in [6.07, 6.45) is 1.13. The molecule has 0 spiro atoms. The van der Waals surface area contributed by atoms with Crippen molar-refractivity contribution in [2.24, 2.45) is 17.2 Å². The number of imide groups is 1. The minimum Gasteiger partial charge on any atom is -0.327 e. The Bertz CT molecular complexity index is 353. The Morgan fingerprint density at radius 1 is 1.39 bits per heavy atom. The molecule has 1 rings (SSSR count). The number of nitrogens with zero attached hydrogens (tertiary/aromatic N) is 1. The number of hydrogen-bond acceptors (Lipinski definition) is 7. The predicted molar refractivity (Wildman–Crippen MR) is 61.2 cm³/mol. The third-order valence-electron chi connectivity index (χ3n) is 2.75. The van der Waals surface area contributed by atoms with Gasteiger partial charge in [0.05, 0.1) is 0 Å². The summed E-state index contributed by atoms with van der Waals surface area (Å²) in [5.41, 5.74) is 14.9. The van der Waals surface area contributed by atoms with Crippen LogP contribution in [0.5, 0.6) is 0 Å². The Morgan fingerprint density at radius 2 is 1.89 bits per heavy atom. The first-order chi connectivity index (χ1) is 8.30. The number of carbonyl (C=O) groups excluding carboxylic acids is 3. The van der Waals surface area contributed by atoms with Crippen molar-refractivity contribution in [2.75, 3.05) is 0 Å². The quantitative estimate of drug-likeness (QED) is 0.395. The van der Waals surface area contributed by atoms with Crippen molar-refractivity contribution >= 4 is 17.8 Å². The van der Waals surface area contributed by atoms with Crippen LogP contribution >= 0.6 is 0 Å². The average molecular weight is 258 g/mol. The van der Waals surface area contributed by atoms with E-state index < -0.39 is 29.5 Å². The van der Waals surface area contributed by atoms with E-state index in [-0.39, 0.29) is 12.8 Å². The average Bonchev–Trinajstić information content (AvgIpc) is 2.61. The molecule has 2 amide bonds. The summed E-state index contributed by atoms with van der Waals surface area (Å²) in [5.74, 6) is -2.27. The SMILES string of the molecule is CCCC(N)C(N)(N)C(=O)ON1C(=O)CCC1=O. The maximum Gasteiger partial charge on any atom is 0.368 e. The fourth-order valence-electron chi connectivity index (χ4n) is 1.52. The molecule has 1 heterocycles. The molecule has 1 atom stereocenters. The van der Waals surface area contributed by atoms with Crippen molar-refractivity contribution in [2.45, 2.75) is 44.3 Å². The van der Waals surface area contributed by atoms with Gasteiger partial charge in [-0.25, -0.2) is 4.79 Å². The van der Waals surface area contributed by atoms with Crippen LogP contribution in [0.3, 0.4) is 0 Å². The smallest absolute Gasteiger partial charge is 0.327 e. The third kappa shape index (κ3) is 2.84. The fraction of sp³-hybridized carbons (Fsp3) is 0.700. The third-order valence-corrected chi connectivity index (χ3v) is 2.75. The van der Waals surface area contributed by atoms with Gasteiger partial charge in [-0.3, -0.25) is 9.59 Å². The topological polar surface area (TPSA) is 142 Å². The second-order valence-electron chi connectivity index (χ2n) is 4.29. The number of carbonyl (C=O) groups is 3. The van der Waals surface area contributed by atoms with Gasteiger partial charge in [0, 0.05) is 18.9 Å². The number of hydrogen-bond donors (Lipinski definition) is 3. The summed E-state index contributed by atoms with van der Waals surface area (Å²) < 4.78 is 0. The van der Waals surface area contributed by atoms with Crippen LogP contribution in [-0.4, -0.2) is 34.6 Å². The molecule has 8 heteroatoms. The lowest BCUT2D eigenvalue weighted by molar-refractivity contribution is -0.202. The second kappa shape index (κ2) is 5.42. The molecule has 0 aromatic heterocycles. The minimum absolute atomic E-state index is 0.00920. The number of hydroxylamine groups is 2. The Kier molecular flexibility index (Phi) is 4.38. The van der Waals surface area contributed by atoms with Gasteiger partial charge in [-0.15, -0.1) is 5.06 Å². The molecule has 1 unspecified atom stereocenters. The van der Waals surface area contributed by atoms with Gasteiger partial charge < -0.3 is 22.0 Å². The van der Waals surface area contributed by atoms with Gasteiger partial charge in [-0.05, 0) is 6.42 Å². The van der Waals surface area contributed by atoms with Crippen molar-refractivity contribution in [3.05, 3.63) is 0 Å². The van der Waals surface area contributed by atoms with Crippen LogP contribution in [-0.2, 0) is 19.2 Å². The van der Waals surface area contributed by atoms with Gasteiger partial charge in [0.1, 0.15) is 0 Å². The molecule has 102 valence electrons. The molecule has 1 aliphatic heterocycles. The first kappa shape index (κ1) is 14.6. The summed E-state index contributed by atoms with van der Waals surface area (Å²) in [6.45, 7) is 1.86. The van der Waals surface area contributed by atoms with Crippen LogP contribution in [0.25, 0.3) is 0 Å². The van der Waals surface area contributed by atoms with Crippen LogP contribution in [0, 0.1) is 0 Å². The van der Waals surface area contributed by atoms with E-state index in [1.807, 2.05) is 6.92 Å². The van der Waals surface area contributed by atoms with Crippen LogP contribution in [0.4, 0.5) is 0 Å². The van der Waals surface area contributed by atoms with E-state index in [0.717, 1.165) is 0 Å². The number of amides is 2. The molecule has 0 bridgehead atoms. The van der Waals surface area contributed by atoms with E-state index in [4.69, 9.17) is 17.2 Å². The molecule has 1 fully saturated rings. The fourth-order valence-corrected chi connectivity index (χ4v) is 1.52. The molecule has 0 aliphatic carbocycles. The Labute approximate surface area is 104 Å². The highest BCUT2D eigenvalue weighted by Gasteiger charge is 2.42. The first-order valence-electron chi connectivity index (χ1n) is 5.72. The minimum atomic E-state index is -1.93. The molecule has 0 saturated carbocycles. The van der Waals surface area contributed by atoms with Gasteiger partial charge >= 0.3 is 5.97 Å². The highest BCUT2D eigenvalue weighted by molar-refractivity contribution is 6.02. The monoisotopic (exact) mass is 258 g/mol. The van der Waals surface area contributed by atoms with Crippen molar-refractivity contribution < 1.29 is 19.2 Å². The summed E-state index contributed by atoms with van der Waals surface area (Å²) in [5, 5.41) is 0.398. The van der Waals surface area contributed by atoms with Crippen molar-refractivity contribution in [1.82, 2.24) is 5.06 Å². The van der Waals surface area contributed by atoms with E-state index in [1.54, 1.807) is 0 Å². The second-order valence-corrected chi connectivity index (χ2v) is 4.29. The van der Waals surface area contributed by atoms with Gasteiger partial charge in [0.2, 0.25) is 0 Å². The molecule has 6 N–H and O–H groups in total. The zero-order valence-electron chi connectivity index (χ0n) is 10.2. The maximum absolute atomic E-state index is 11.7. The highest BCUT2D eigenvalue weighted by atomic mass is 16.7. The Morgan fingerprint density at radius 3 is 2.33 bits per heavy atom. The lowest BCUT2D eigenvalue weighted by atomic mass is 9.99. The zero-order valence-corrected chi connectivity index (χ0v) is 10.2. The van der Waals surface area contributed by atoms with Crippen LogP contribution in [0.1, 0.15) is 32.6 Å². The summed E-state index contributed by atoms with van der Waals surface area (Å²) in [7, 11) is 0. The van der Waals surface area contributed by atoms with Gasteiger partial charge in [-0.1, -0.05) is 13.3 Å². The van der Waals surface area contributed by atoms with Crippen molar-refractivity contribution in [1.29, 1.82) is 0 Å². The van der Waals surface area contributed by atoms with Gasteiger partial charge in [-0.2, -0.15) is 0 Å². The Balaban J connectivity index is 2.69. The highest BCUT2D eigenvalue weighted by Crippen LogP contribution is 2.15. The van der Waals surface area contributed by atoms with Gasteiger partial charge in [0.25, 0.3) is 11.8 Å². The maximum atomic E-state index is 11.7. The first-order valence-corrected chi connectivity index (χ1v) is 5.72. The van der Waals surface area contributed by atoms with Gasteiger partial charge in [0.15, 0.2) is 5.66 Å². The standard InChI is InChI=1S/C10H18N4O4/c1-2-3-6(11)10(12,13)9(17)18-14-7(15)4-5-8(14)16/h6H,2-5,11-13H2,1H3. The van der Waals surface area contributed by atoms with E-state index in [9.17, 15) is 14.4 Å². The molecule has 0 aromatic carbocycles. The summed E-state index contributed by atoms with van der Waals surface area (Å²) in [6, 6.07) is -0.817. The van der Waals surface area contributed by atoms with Crippen LogP contribution in [0.15, 0.2) is 0 Å². The van der Waals surface area contributed by atoms with E-state index in [0.29, 0.717) is 17.9 Å². The van der Waals surface area contributed by atoms with Crippen molar-refractivity contribution in [3.8, 4) is 0 Å². The molecular formula is C10H18N4O4.